The Morgan fingerprint density at radius 2 is 1.69 bits per heavy atom. The molecule has 4 rings (SSSR count). The minimum absolute atomic E-state index is 0.104. The predicted molar refractivity (Wildman–Crippen MR) is 132 cm³/mol. The van der Waals surface area contributed by atoms with Gasteiger partial charge in [-0.05, 0) is 48.4 Å². The van der Waals surface area contributed by atoms with Crippen molar-refractivity contribution in [3.63, 3.8) is 0 Å². The summed E-state index contributed by atoms with van der Waals surface area (Å²) in [5, 5.41) is 20.8. The van der Waals surface area contributed by atoms with Gasteiger partial charge in [-0.3, -0.25) is 14.5 Å². The third-order valence-electron chi connectivity index (χ3n) is 5.93. The van der Waals surface area contributed by atoms with Gasteiger partial charge < -0.3 is 14.6 Å². The van der Waals surface area contributed by atoms with E-state index in [1.54, 1.807) is 36.4 Å². The van der Waals surface area contributed by atoms with Crippen molar-refractivity contribution in [3.8, 4) is 17.6 Å². The van der Waals surface area contributed by atoms with Crippen molar-refractivity contribution in [1.82, 2.24) is 0 Å². The van der Waals surface area contributed by atoms with Crippen LogP contribution in [-0.4, -0.2) is 31.0 Å². The Morgan fingerprint density at radius 3 is 2.29 bits per heavy atom. The SMILES string of the molecule is COc1cc(OC)c(/C(O)=C2\C(=O)C(=O)N(c3ccc(C#N)cc3)C2c2ccccc2C)cc1Cl. The molecule has 1 fully saturated rings. The third-order valence-corrected chi connectivity index (χ3v) is 6.23. The highest BCUT2D eigenvalue weighted by atomic mass is 35.5. The maximum Gasteiger partial charge on any atom is 0.300 e. The van der Waals surface area contributed by atoms with E-state index in [2.05, 4.69) is 0 Å². The van der Waals surface area contributed by atoms with E-state index in [4.69, 9.17) is 26.3 Å². The number of anilines is 1. The number of Topliss-reactive ketones (excluding diaryl/α,β-unsaturated/α-hetero) is 1. The molecule has 0 spiro atoms. The first-order valence-electron chi connectivity index (χ1n) is 10.6. The summed E-state index contributed by atoms with van der Waals surface area (Å²) < 4.78 is 10.6. The first-order chi connectivity index (χ1) is 16.8. The van der Waals surface area contributed by atoms with E-state index in [9.17, 15) is 14.7 Å². The number of carbonyl (C=O) groups is 2. The van der Waals surface area contributed by atoms with Crippen LogP contribution in [0.15, 0.2) is 66.2 Å². The molecule has 1 N–H and O–H groups in total. The lowest BCUT2D eigenvalue weighted by molar-refractivity contribution is -0.132. The van der Waals surface area contributed by atoms with Crippen molar-refractivity contribution in [3.05, 3.63) is 93.5 Å². The van der Waals surface area contributed by atoms with Gasteiger partial charge in [0.15, 0.2) is 0 Å². The minimum atomic E-state index is -0.922. The maximum atomic E-state index is 13.4. The summed E-state index contributed by atoms with van der Waals surface area (Å²) in [6.45, 7) is 1.86. The molecule has 1 amide bonds. The number of rotatable bonds is 5. The van der Waals surface area contributed by atoms with Gasteiger partial charge in [0.2, 0.25) is 0 Å². The molecule has 1 aliphatic heterocycles. The number of methoxy groups -OCH3 is 2. The van der Waals surface area contributed by atoms with E-state index in [-0.39, 0.29) is 21.9 Å². The van der Waals surface area contributed by atoms with Crippen LogP contribution in [0.1, 0.15) is 28.3 Å². The Morgan fingerprint density at radius 1 is 1.03 bits per heavy atom. The van der Waals surface area contributed by atoms with Gasteiger partial charge in [-0.1, -0.05) is 35.9 Å². The van der Waals surface area contributed by atoms with Crippen LogP contribution in [0.25, 0.3) is 5.76 Å². The summed E-state index contributed by atoms with van der Waals surface area (Å²) in [5.41, 5.74) is 2.36. The highest BCUT2D eigenvalue weighted by molar-refractivity contribution is 6.51. The largest absolute Gasteiger partial charge is 0.507 e. The standard InChI is InChI=1S/C27H21ClN2O5/c1-15-6-4-5-7-18(15)24-23(25(31)19-12-20(28)22(35-3)13-21(19)34-2)26(32)27(33)30(24)17-10-8-16(14-29)9-11-17/h4-13,24,31H,1-3H3/b25-23+. The van der Waals surface area contributed by atoms with Gasteiger partial charge in [-0.2, -0.15) is 5.26 Å². The van der Waals surface area contributed by atoms with E-state index in [1.807, 2.05) is 25.1 Å². The van der Waals surface area contributed by atoms with Crippen molar-refractivity contribution >= 4 is 34.7 Å². The second kappa shape index (κ2) is 9.53. The van der Waals surface area contributed by atoms with Crippen LogP contribution >= 0.6 is 11.6 Å². The number of amides is 1. The third kappa shape index (κ3) is 4.09. The van der Waals surface area contributed by atoms with Crippen LogP contribution in [0.3, 0.4) is 0 Å². The topological polar surface area (TPSA) is 99.9 Å². The molecule has 0 aromatic heterocycles. The van der Waals surface area contributed by atoms with E-state index >= 15 is 0 Å². The molecule has 1 unspecified atom stereocenters. The van der Waals surface area contributed by atoms with E-state index in [0.717, 1.165) is 5.56 Å². The molecule has 0 bridgehead atoms. The molecule has 1 saturated heterocycles. The first-order valence-corrected chi connectivity index (χ1v) is 11.0. The quantitative estimate of drug-likeness (QED) is 0.302. The summed E-state index contributed by atoms with van der Waals surface area (Å²) in [5.74, 6) is -1.53. The lowest BCUT2D eigenvalue weighted by atomic mass is 9.92. The van der Waals surface area contributed by atoms with Crippen LogP contribution in [-0.2, 0) is 9.59 Å². The number of ether oxygens (including phenoxy) is 2. The Kier molecular flexibility index (Phi) is 6.50. The summed E-state index contributed by atoms with van der Waals surface area (Å²) in [7, 11) is 2.86. The number of hydrogen-bond acceptors (Lipinski definition) is 6. The zero-order chi connectivity index (χ0) is 25.3. The van der Waals surface area contributed by atoms with Crippen molar-refractivity contribution in [2.45, 2.75) is 13.0 Å². The highest BCUT2D eigenvalue weighted by Crippen LogP contribution is 2.45. The fourth-order valence-corrected chi connectivity index (χ4v) is 4.41. The van der Waals surface area contributed by atoms with E-state index in [1.165, 1.54) is 31.3 Å². The van der Waals surface area contributed by atoms with Gasteiger partial charge in [0, 0.05) is 11.8 Å². The van der Waals surface area contributed by atoms with Gasteiger partial charge in [-0.25, -0.2) is 0 Å². The van der Waals surface area contributed by atoms with Gasteiger partial charge in [0.05, 0.1) is 48.1 Å². The number of aliphatic hydroxyl groups excluding tert-OH is 1. The van der Waals surface area contributed by atoms with Crippen LogP contribution in [0, 0.1) is 18.3 Å². The molecule has 3 aromatic carbocycles. The van der Waals surface area contributed by atoms with Crippen LogP contribution in [0.5, 0.6) is 11.5 Å². The molecule has 3 aromatic rings. The second-order valence-corrected chi connectivity index (χ2v) is 8.28. The predicted octanol–water partition coefficient (Wildman–Crippen LogP) is 5.16. The fraction of sp³-hybridized carbons (Fsp3) is 0.148. The minimum Gasteiger partial charge on any atom is -0.507 e. The number of halogens is 1. The molecule has 7 nitrogen and oxygen atoms in total. The first kappa shape index (κ1) is 23.9. The van der Waals surface area contributed by atoms with Crippen molar-refractivity contribution in [2.24, 2.45) is 0 Å². The number of aryl methyl sites for hydroxylation is 1. The number of nitrogens with zero attached hydrogens (tertiary/aromatic N) is 2. The van der Waals surface area contributed by atoms with E-state index in [0.29, 0.717) is 22.6 Å². The molecule has 176 valence electrons. The van der Waals surface area contributed by atoms with Crippen LogP contribution in [0.2, 0.25) is 5.02 Å². The summed E-state index contributed by atoms with van der Waals surface area (Å²) in [6, 6.07) is 17.7. The number of aliphatic hydroxyl groups is 1. The van der Waals surface area contributed by atoms with E-state index < -0.39 is 23.5 Å². The Balaban J connectivity index is 2.00. The summed E-state index contributed by atoms with van der Waals surface area (Å²) in [6.07, 6.45) is 0. The smallest absolute Gasteiger partial charge is 0.300 e. The molecule has 0 saturated carbocycles. The Hall–Kier alpha value is -4.28. The molecule has 8 heteroatoms. The van der Waals surface area contributed by atoms with Gasteiger partial charge in [0.1, 0.15) is 17.3 Å². The number of ketones is 1. The highest BCUT2D eigenvalue weighted by Gasteiger charge is 2.47. The molecule has 35 heavy (non-hydrogen) atoms. The number of benzene rings is 3. The maximum absolute atomic E-state index is 13.4. The molecule has 0 radical (unpaired) electrons. The molecule has 0 aliphatic carbocycles. The normalized spacial score (nSPS) is 16.8. The number of carbonyl (C=O) groups excluding carboxylic acids is 2. The number of nitriles is 1. The van der Waals surface area contributed by atoms with Crippen molar-refractivity contribution in [1.29, 1.82) is 5.26 Å². The molecule has 1 atom stereocenters. The molecule has 1 aliphatic rings. The van der Waals surface area contributed by atoms with Gasteiger partial charge in [-0.15, -0.1) is 0 Å². The fourth-order valence-electron chi connectivity index (χ4n) is 4.17. The zero-order valence-electron chi connectivity index (χ0n) is 19.2. The zero-order valence-corrected chi connectivity index (χ0v) is 20.0. The molecule has 1 heterocycles. The molecular formula is C27H21ClN2O5. The molecular weight excluding hydrogens is 468 g/mol. The van der Waals surface area contributed by atoms with Crippen molar-refractivity contribution in [2.75, 3.05) is 19.1 Å². The summed E-state index contributed by atoms with van der Waals surface area (Å²) >= 11 is 6.30. The van der Waals surface area contributed by atoms with Gasteiger partial charge in [0.25, 0.3) is 11.7 Å². The second-order valence-electron chi connectivity index (χ2n) is 7.87. The van der Waals surface area contributed by atoms with Gasteiger partial charge >= 0.3 is 0 Å². The average molecular weight is 489 g/mol. The Bertz CT molecular complexity index is 1410. The average Bonchev–Trinajstić information content (AvgIpc) is 3.13. The summed E-state index contributed by atoms with van der Waals surface area (Å²) in [4.78, 5) is 28.0. The lowest BCUT2D eigenvalue weighted by Crippen LogP contribution is -2.29. The van der Waals surface area contributed by atoms with Crippen LogP contribution in [0.4, 0.5) is 5.69 Å². The monoisotopic (exact) mass is 488 g/mol. The van der Waals surface area contributed by atoms with Crippen molar-refractivity contribution < 1.29 is 24.2 Å². The number of hydrogen-bond donors (Lipinski definition) is 1. The van der Waals surface area contributed by atoms with Crippen LogP contribution < -0.4 is 14.4 Å². The lowest BCUT2D eigenvalue weighted by Gasteiger charge is -2.26. The Labute approximate surface area is 207 Å².